The minimum absolute atomic E-state index is 0.496. The fourth-order valence-electron chi connectivity index (χ4n) is 1.67. The van der Waals surface area contributed by atoms with E-state index in [1.807, 2.05) is 17.5 Å². The standard InChI is InChI=1S/C14H16ClN3O4S/c15-9-3-1-8(2-4-9)10-7-23-14(17-10)18-16-5-11(20)13(22)12(21)6-19/h1-5,7,11-13,19-22H,6H2,(H,17,18)/b16-5-/t11-,12-,13+/m0/s1. The smallest absolute Gasteiger partial charge is 0.203 e. The second kappa shape index (κ2) is 8.34. The van der Waals surface area contributed by atoms with E-state index in [0.717, 1.165) is 17.5 Å². The van der Waals surface area contributed by atoms with Crippen LogP contribution in [0.15, 0.2) is 34.7 Å². The molecule has 0 unspecified atom stereocenters. The summed E-state index contributed by atoms with van der Waals surface area (Å²) in [5.41, 5.74) is 4.28. The minimum Gasteiger partial charge on any atom is -0.394 e. The number of thiazole rings is 1. The second-order valence-electron chi connectivity index (χ2n) is 4.67. The largest absolute Gasteiger partial charge is 0.394 e. The molecule has 0 fully saturated rings. The fourth-order valence-corrected chi connectivity index (χ4v) is 2.47. The molecular weight excluding hydrogens is 342 g/mol. The van der Waals surface area contributed by atoms with Crippen molar-refractivity contribution in [3.05, 3.63) is 34.7 Å². The van der Waals surface area contributed by atoms with Gasteiger partial charge in [-0.05, 0) is 12.1 Å². The van der Waals surface area contributed by atoms with Crippen LogP contribution in [0.3, 0.4) is 0 Å². The van der Waals surface area contributed by atoms with Gasteiger partial charge in [0.2, 0.25) is 5.13 Å². The van der Waals surface area contributed by atoms with Crippen molar-refractivity contribution in [2.45, 2.75) is 18.3 Å². The number of hydrogen-bond acceptors (Lipinski definition) is 8. The maximum atomic E-state index is 9.57. The molecule has 1 aromatic carbocycles. The van der Waals surface area contributed by atoms with Gasteiger partial charge in [-0.2, -0.15) is 5.10 Å². The Balaban J connectivity index is 1.94. The average Bonchev–Trinajstić information content (AvgIpc) is 3.02. The molecule has 0 radical (unpaired) electrons. The lowest BCUT2D eigenvalue weighted by molar-refractivity contribution is -0.0541. The average molecular weight is 358 g/mol. The van der Waals surface area contributed by atoms with Crippen LogP contribution in [0.4, 0.5) is 5.13 Å². The van der Waals surface area contributed by atoms with Gasteiger partial charge in [-0.15, -0.1) is 11.3 Å². The summed E-state index contributed by atoms with van der Waals surface area (Å²) in [6.07, 6.45) is -3.35. The van der Waals surface area contributed by atoms with Gasteiger partial charge in [0.1, 0.15) is 18.3 Å². The van der Waals surface area contributed by atoms with Gasteiger partial charge in [0.15, 0.2) is 0 Å². The number of anilines is 1. The summed E-state index contributed by atoms with van der Waals surface area (Å²) in [6, 6.07) is 7.24. The van der Waals surface area contributed by atoms with E-state index in [-0.39, 0.29) is 0 Å². The Morgan fingerprint density at radius 3 is 2.61 bits per heavy atom. The van der Waals surface area contributed by atoms with Crippen molar-refractivity contribution in [3.8, 4) is 11.3 Å². The van der Waals surface area contributed by atoms with Gasteiger partial charge in [-0.3, -0.25) is 5.43 Å². The number of aliphatic hydroxyl groups excluding tert-OH is 4. The fraction of sp³-hybridized carbons (Fsp3) is 0.286. The van der Waals surface area contributed by atoms with Crippen LogP contribution in [-0.2, 0) is 0 Å². The third kappa shape index (κ3) is 4.96. The van der Waals surface area contributed by atoms with E-state index < -0.39 is 24.9 Å². The van der Waals surface area contributed by atoms with Gasteiger partial charge in [0.05, 0.1) is 18.5 Å². The van der Waals surface area contributed by atoms with Crippen molar-refractivity contribution >= 4 is 34.3 Å². The number of aliphatic hydroxyl groups is 4. The van der Waals surface area contributed by atoms with E-state index in [2.05, 4.69) is 15.5 Å². The molecule has 0 spiro atoms. The lowest BCUT2D eigenvalue weighted by Crippen LogP contribution is -2.40. The predicted octanol–water partition coefficient (Wildman–Crippen LogP) is 0.936. The van der Waals surface area contributed by atoms with Crippen LogP contribution >= 0.6 is 22.9 Å². The number of halogens is 1. The number of hydrogen-bond donors (Lipinski definition) is 5. The third-order valence-electron chi connectivity index (χ3n) is 2.96. The Labute approximate surface area is 141 Å². The highest BCUT2D eigenvalue weighted by molar-refractivity contribution is 7.14. The first-order chi connectivity index (χ1) is 11.0. The SMILES string of the molecule is OC[C@H](O)[C@H](O)[C@@H](O)/C=N\Nc1nc(-c2ccc(Cl)cc2)cs1. The first-order valence-corrected chi connectivity index (χ1v) is 7.92. The minimum atomic E-state index is -1.52. The van der Waals surface area contributed by atoms with Crippen LogP contribution in [0.1, 0.15) is 0 Å². The molecular formula is C14H16ClN3O4S. The summed E-state index contributed by atoms with van der Waals surface area (Å²) in [5, 5.41) is 43.6. The summed E-state index contributed by atoms with van der Waals surface area (Å²) >= 11 is 7.15. The lowest BCUT2D eigenvalue weighted by Gasteiger charge is -2.17. The van der Waals surface area contributed by atoms with Crippen LogP contribution in [-0.4, -0.2) is 56.5 Å². The number of aromatic nitrogens is 1. The second-order valence-corrected chi connectivity index (χ2v) is 5.96. The summed E-state index contributed by atoms with van der Waals surface area (Å²) < 4.78 is 0. The topological polar surface area (TPSA) is 118 Å². The maximum absolute atomic E-state index is 9.57. The Kier molecular flexibility index (Phi) is 6.46. The molecule has 1 heterocycles. The van der Waals surface area contributed by atoms with E-state index in [1.54, 1.807) is 12.1 Å². The van der Waals surface area contributed by atoms with Crippen LogP contribution in [0.5, 0.6) is 0 Å². The number of nitrogens with one attached hydrogen (secondary N) is 1. The summed E-state index contributed by atoms with van der Waals surface area (Å²) in [7, 11) is 0. The summed E-state index contributed by atoms with van der Waals surface area (Å²) in [5.74, 6) is 0. The Bertz CT molecular complexity index is 650. The Morgan fingerprint density at radius 1 is 1.26 bits per heavy atom. The number of rotatable bonds is 7. The molecule has 0 saturated carbocycles. The van der Waals surface area contributed by atoms with Crippen molar-refractivity contribution in [2.75, 3.05) is 12.0 Å². The van der Waals surface area contributed by atoms with Gasteiger partial charge in [-0.25, -0.2) is 4.98 Å². The molecule has 0 aliphatic carbocycles. The van der Waals surface area contributed by atoms with E-state index in [0.29, 0.717) is 10.2 Å². The summed E-state index contributed by atoms with van der Waals surface area (Å²) in [4.78, 5) is 4.32. The number of nitrogens with zero attached hydrogens (tertiary/aromatic N) is 2. The first-order valence-electron chi connectivity index (χ1n) is 6.67. The van der Waals surface area contributed by atoms with Crippen molar-refractivity contribution in [2.24, 2.45) is 5.10 Å². The molecule has 23 heavy (non-hydrogen) atoms. The van der Waals surface area contributed by atoms with Crippen LogP contribution < -0.4 is 5.43 Å². The molecule has 1 aromatic heterocycles. The number of hydrazone groups is 1. The maximum Gasteiger partial charge on any atom is 0.203 e. The lowest BCUT2D eigenvalue weighted by atomic mass is 10.1. The van der Waals surface area contributed by atoms with Crippen molar-refractivity contribution in [3.63, 3.8) is 0 Å². The normalized spacial score (nSPS) is 15.5. The van der Waals surface area contributed by atoms with E-state index >= 15 is 0 Å². The highest BCUT2D eigenvalue weighted by atomic mass is 35.5. The number of benzene rings is 1. The molecule has 0 saturated heterocycles. The molecule has 5 N–H and O–H groups in total. The molecule has 2 aromatic rings. The van der Waals surface area contributed by atoms with Crippen LogP contribution in [0.2, 0.25) is 5.02 Å². The third-order valence-corrected chi connectivity index (χ3v) is 3.96. The highest BCUT2D eigenvalue weighted by Crippen LogP contribution is 2.25. The van der Waals surface area contributed by atoms with Crippen molar-refractivity contribution in [1.29, 1.82) is 0 Å². The van der Waals surface area contributed by atoms with E-state index in [1.165, 1.54) is 11.3 Å². The van der Waals surface area contributed by atoms with Crippen LogP contribution in [0, 0.1) is 0 Å². The molecule has 124 valence electrons. The molecule has 9 heteroatoms. The zero-order valence-electron chi connectivity index (χ0n) is 11.9. The molecule has 3 atom stereocenters. The molecule has 0 amide bonds. The molecule has 0 aliphatic heterocycles. The zero-order valence-corrected chi connectivity index (χ0v) is 13.4. The predicted molar refractivity (Wildman–Crippen MR) is 89.8 cm³/mol. The first kappa shape index (κ1) is 17.8. The Morgan fingerprint density at radius 2 is 1.96 bits per heavy atom. The van der Waals surface area contributed by atoms with Gasteiger partial charge in [0.25, 0.3) is 0 Å². The zero-order chi connectivity index (χ0) is 16.8. The monoisotopic (exact) mass is 357 g/mol. The molecule has 0 bridgehead atoms. The van der Waals surface area contributed by atoms with Gasteiger partial charge in [-0.1, -0.05) is 23.7 Å². The van der Waals surface area contributed by atoms with E-state index in [4.69, 9.17) is 16.7 Å². The quantitative estimate of drug-likeness (QED) is 0.372. The van der Waals surface area contributed by atoms with Gasteiger partial charge in [0, 0.05) is 16.0 Å². The van der Waals surface area contributed by atoms with E-state index in [9.17, 15) is 15.3 Å². The van der Waals surface area contributed by atoms with Gasteiger partial charge < -0.3 is 20.4 Å². The molecule has 0 aliphatic rings. The van der Waals surface area contributed by atoms with Crippen molar-refractivity contribution in [1.82, 2.24) is 4.98 Å². The van der Waals surface area contributed by atoms with Gasteiger partial charge >= 0.3 is 0 Å². The molecule has 2 rings (SSSR count). The highest BCUT2D eigenvalue weighted by Gasteiger charge is 2.22. The summed E-state index contributed by atoms with van der Waals surface area (Å²) in [6.45, 7) is -0.656. The Hall–Kier alpha value is -1.55. The van der Waals surface area contributed by atoms with Crippen LogP contribution in [0.25, 0.3) is 11.3 Å². The molecule has 7 nitrogen and oxygen atoms in total. The van der Waals surface area contributed by atoms with Crippen molar-refractivity contribution < 1.29 is 20.4 Å².